The number of urea groups is 1. The zero-order valence-electron chi connectivity index (χ0n) is 17.7. The van der Waals surface area contributed by atoms with Crippen LogP contribution in [0, 0.1) is 18.6 Å². The number of carbonyl (C=O) groups excluding carboxylic acids is 3. The van der Waals surface area contributed by atoms with E-state index in [2.05, 4.69) is 5.32 Å². The highest BCUT2D eigenvalue weighted by Gasteiger charge is 2.42. The lowest BCUT2D eigenvalue weighted by atomic mass is 10.1. The summed E-state index contributed by atoms with van der Waals surface area (Å²) in [6.07, 6.45) is 0.531. The molecular weight excluding hydrogens is 418 g/mol. The molecule has 0 saturated carbocycles. The van der Waals surface area contributed by atoms with Crippen molar-refractivity contribution >= 4 is 23.5 Å². The Morgan fingerprint density at radius 3 is 2.59 bits per heavy atom. The van der Waals surface area contributed by atoms with E-state index < -0.39 is 17.9 Å². The van der Waals surface area contributed by atoms with E-state index in [0.29, 0.717) is 36.3 Å². The largest absolute Gasteiger partial charge is 0.327 e. The molecule has 4 amide bonds. The van der Waals surface area contributed by atoms with Gasteiger partial charge in [-0.2, -0.15) is 0 Å². The molecule has 0 aromatic heterocycles. The number of nitrogens with zero attached hydrogens (tertiary/aromatic N) is 3. The molecule has 32 heavy (non-hydrogen) atoms. The minimum atomic E-state index is -0.793. The van der Waals surface area contributed by atoms with Crippen molar-refractivity contribution < 1.29 is 23.2 Å². The highest BCUT2D eigenvalue weighted by molar-refractivity contribution is 5.96. The summed E-state index contributed by atoms with van der Waals surface area (Å²) < 4.78 is 27.0. The highest BCUT2D eigenvalue weighted by atomic mass is 19.1. The Hall–Kier alpha value is -3.49. The van der Waals surface area contributed by atoms with Crippen molar-refractivity contribution in [2.45, 2.75) is 25.9 Å². The van der Waals surface area contributed by atoms with Gasteiger partial charge in [-0.05, 0) is 43.2 Å². The lowest BCUT2D eigenvalue weighted by Crippen LogP contribution is -2.61. The number of piperazine rings is 1. The van der Waals surface area contributed by atoms with Crippen LogP contribution >= 0.6 is 0 Å². The Kier molecular flexibility index (Phi) is 6.07. The molecule has 1 unspecified atom stereocenters. The van der Waals surface area contributed by atoms with Gasteiger partial charge >= 0.3 is 6.03 Å². The van der Waals surface area contributed by atoms with E-state index in [1.807, 2.05) is 0 Å². The average Bonchev–Trinajstić information content (AvgIpc) is 3.00. The fourth-order valence-electron chi connectivity index (χ4n) is 4.10. The van der Waals surface area contributed by atoms with Crippen LogP contribution in [0.25, 0.3) is 0 Å². The zero-order chi connectivity index (χ0) is 22.8. The fourth-order valence-corrected chi connectivity index (χ4v) is 4.10. The minimum Gasteiger partial charge on any atom is -0.327 e. The van der Waals surface area contributed by atoms with Crippen molar-refractivity contribution in [2.24, 2.45) is 0 Å². The van der Waals surface area contributed by atoms with Gasteiger partial charge in [0, 0.05) is 30.9 Å². The summed E-state index contributed by atoms with van der Waals surface area (Å²) in [5, 5.41) is 2.71. The predicted molar refractivity (Wildman–Crippen MR) is 114 cm³/mol. The molecule has 2 aliphatic rings. The van der Waals surface area contributed by atoms with E-state index in [9.17, 15) is 23.2 Å². The van der Waals surface area contributed by atoms with Crippen LogP contribution in [0.5, 0.6) is 0 Å². The van der Waals surface area contributed by atoms with E-state index in [1.165, 1.54) is 39.0 Å². The van der Waals surface area contributed by atoms with E-state index in [0.717, 1.165) is 0 Å². The molecule has 168 valence electrons. The zero-order valence-corrected chi connectivity index (χ0v) is 17.7. The van der Waals surface area contributed by atoms with E-state index >= 15 is 0 Å². The van der Waals surface area contributed by atoms with Gasteiger partial charge in [0.1, 0.15) is 24.2 Å². The molecule has 1 N–H and O–H groups in total. The van der Waals surface area contributed by atoms with E-state index in [1.54, 1.807) is 25.1 Å². The summed E-state index contributed by atoms with van der Waals surface area (Å²) in [5.74, 6) is -1.23. The molecule has 7 nitrogen and oxygen atoms in total. The lowest BCUT2D eigenvalue weighted by molar-refractivity contribution is -0.156. The molecule has 4 rings (SSSR count). The Bertz CT molecular complexity index is 1040. The van der Waals surface area contributed by atoms with Crippen molar-refractivity contribution in [3.63, 3.8) is 0 Å². The Morgan fingerprint density at radius 1 is 1.09 bits per heavy atom. The maximum absolute atomic E-state index is 13.8. The third-order valence-corrected chi connectivity index (χ3v) is 5.92. The molecule has 2 aromatic rings. The summed E-state index contributed by atoms with van der Waals surface area (Å²) in [5.41, 5.74) is 1.40. The molecule has 2 aliphatic heterocycles. The average molecular weight is 442 g/mol. The number of nitrogens with one attached hydrogen (secondary N) is 1. The quantitative estimate of drug-likeness (QED) is 0.795. The second-order valence-electron chi connectivity index (χ2n) is 8.07. The Balaban J connectivity index is 1.49. The summed E-state index contributed by atoms with van der Waals surface area (Å²) in [6.45, 7) is 2.50. The van der Waals surface area contributed by atoms with Gasteiger partial charge in [0.25, 0.3) is 0 Å². The number of rotatable bonds is 3. The summed E-state index contributed by atoms with van der Waals surface area (Å²) in [6, 6.07) is 8.97. The number of hydrogen-bond acceptors (Lipinski definition) is 3. The number of anilines is 1. The summed E-state index contributed by atoms with van der Waals surface area (Å²) >= 11 is 0. The molecule has 0 bridgehead atoms. The van der Waals surface area contributed by atoms with Gasteiger partial charge < -0.3 is 20.0 Å². The second kappa shape index (κ2) is 8.94. The van der Waals surface area contributed by atoms with Crippen LogP contribution in [-0.4, -0.2) is 64.8 Å². The van der Waals surface area contributed by atoms with Crippen LogP contribution < -0.4 is 5.32 Å². The highest BCUT2D eigenvalue weighted by Crippen LogP contribution is 2.22. The van der Waals surface area contributed by atoms with Gasteiger partial charge in [-0.1, -0.05) is 18.2 Å². The van der Waals surface area contributed by atoms with Crippen LogP contribution in [0.4, 0.5) is 19.3 Å². The molecule has 0 aliphatic carbocycles. The molecule has 1 atom stereocenters. The maximum Gasteiger partial charge on any atom is 0.321 e. The van der Waals surface area contributed by atoms with Crippen LogP contribution in [0.3, 0.4) is 0 Å². The third-order valence-electron chi connectivity index (χ3n) is 5.92. The number of benzene rings is 2. The first kappa shape index (κ1) is 21.7. The maximum atomic E-state index is 13.8. The van der Waals surface area contributed by atoms with Gasteiger partial charge in [0.05, 0.1) is 6.54 Å². The van der Waals surface area contributed by atoms with E-state index in [-0.39, 0.29) is 37.3 Å². The summed E-state index contributed by atoms with van der Waals surface area (Å²) in [7, 11) is 0. The smallest absolute Gasteiger partial charge is 0.321 e. The van der Waals surface area contributed by atoms with Crippen LogP contribution in [0.2, 0.25) is 0 Å². The topological polar surface area (TPSA) is 73.0 Å². The van der Waals surface area contributed by atoms with Gasteiger partial charge in [0.15, 0.2) is 0 Å². The number of amides is 4. The van der Waals surface area contributed by atoms with Gasteiger partial charge in [-0.3, -0.25) is 9.59 Å². The minimum absolute atomic E-state index is 0.0463. The second-order valence-corrected chi connectivity index (χ2v) is 8.07. The summed E-state index contributed by atoms with van der Waals surface area (Å²) in [4.78, 5) is 43.3. The predicted octanol–water partition coefficient (Wildman–Crippen LogP) is 2.75. The number of carbonyl (C=O) groups is 3. The molecule has 2 aromatic carbocycles. The van der Waals surface area contributed by atoms with Gasteiger partial charge in [-0.15, -0.1) is 0 Å². The van der Waals surface area contributed by atoms with Crippen LogP contribution in [-0.2, 0) is 16.1 Å². The molecule has 2 saturated heterocycles. The first-order valence-corrected chi connectivity index (χ1v) is 10.5. The first-order chi connectivity index (χ1) is 15.3. The SMILES string of the molecule is Cc1c(F)cccc1NC(=O)N1CCCN2C(=O)CN(Cc3ccc(F)cc3)C(=O)C2C1. The van der Waals surface area contributed by atoms with Crippen molar-refractivity contribution in [1.82, 2.24) is 14.7 Å². The van der Waals surface area contributed by atoms with Crippen molar-refractivity contribution in [2.75, 3.05) is 31.5 Å². The Morgan fingerprint density at radius 2 is 1.84 bits per heavy atom. The molecule has 2 fully saturated rings. The van der Waals surface area contributed by atoms with Crippen molar-refractivity contribution in [3.8, 4) is 0 Å². The Labute approximate surface area is 184 Å². The molecule has 9 heteroatoms. The number of fused-ring (bicyclic) bond motifs is 1. The lowest BCUT2D eigenvalue weighted by Gasteiger charge is -2.40. The monoisotopic (exact) mass is 442 g/mol. The van der Waals surface area contributed by atoms with E-state index in [4.69, 9.17) is 0 Å². The van der Waals surface area contributed by atoms with Gasteiger partial charge in [0.2, 0.25) is 11.8 Å². The molecule has 0 spiro atoms. The number of halogens is 2. The molecule has 2 heterocycles. The van der Waals surface area contributed by atoms with Crippen molar-refractivity contribution in [1.29, 1.82) is 0 Å². The fraction of sp³-hybridized carbons (Fsp3) is 0.348. The standard InChI is InChI=1S/C23H24F2N4O3/c1-15-18(25)4-2-5-19(15)26-23(32)27-10-3-11-29-20(13-27)22(31)28(14-21(29)30)12-16-6-8-17(24)9-7-16/h2,4-9,20H,3,10-14H2,1H3,(H,26,32). The number of hydrogen-bond donors (Lipinski definition) is 1. The molecular formula is C23H24F2N4O3. The normalized spacial score (nSPS) is 19.0. The molecule has 0 radical (unpaired) electrons. The van der Waals surface area contributed by atoms with Crippen molar-refractivity contribution in [3.05, 3.63) is 65.2 Å². The van der Waals surface area contributed by atoms with Crippen LogP contribution in [0.1, 0.15) is 17.5 Å². The first-order valence-electron chi connectivity index (χ1n) is 10.5. The van der Waals surface area contributed by atoms with Gasteiger partial charge in [-0.25, -0.2) is 13.6 Å². The van der Waals surface area contributed by atoms with Crippen LogP contribution in [0.15, 0.2) is 42.5 Å². The third kappa shape index (κ3) is 4.42.